The first-order chi connectivity index (χ1) is 19.1. The van der Waals surface area contributed by atoms with Crippen LogP contribution in [0.25, 0.3) is 0 Å². The average Bonchev–Trinajstić information content (AvgIpc) is 3.36. The van der Waals surface area contributed by atoms with E-state index in [9.17, 15) is 13.2 Å². The van der Waals surface area contributed by atoms with Gasteiger partial charge in [-0.25, -0.2) is 0 Å². The maximum absolute atomic E-state index is 13.6. The van der Waals surface area contributed by atoms with Crippen molar-refractivity contribution in [2.24, 2.45) is 0 Å². The highest BCUT2D eigenvalue weighted by Gasteiger charge is 2.57. The third kappa shape index (κ3) is 9.80. The van der Waals surface area contributed by atoms with Gasteiger partial charge in [0, 0.05) is 13.2 Å². The van der Waals surface area contributed by atoms with E-state index >= 15 is 0 Å². The molecule has 7 nitrogen and oxygen atoms in total. The number of nitrogens with one attached hydrogen (secondary N) is 2. The van der Waals surface area contributed by atoms with Crippen molar-refractivity contribution in [2.75, 3.05) is 25.1 Å². The predicted molar refractivity (Wildman–Crippen MR) is 152 cm³/mol. The van der Waals surface area contributed by atoms with Crippen molar-refractivity contribution in [3.8, 4) is 0 Å². The minimum Gasteiger partial charge on any atom is -0.379 e. The molecule has 1 aromatic rings. The summed E-state index contributed by atoms with van der Waals surface area (Å²) in [4.78, 5) is 0. The van der Waals surface area contributed by atoms with Crippen molar-refractivity contribution in [3.05, 3.63) is 29.8 Å². The molecule has 0 spiro atoms. The summed E-state index contributed by atoms with van der Waals surface area (Å²) in [5.74, 6) is -0.884. The van der Waals surface area contributed by atoms with Crippen LogP contribution in [-0.2, 0) is 29.9 Å². The molecule has 0 amide bonds. The van der Waals surface area contributed by atoms with Crippen LogP contribution in [-0.4, -0.2) is 61.4 Å². The summed E-state index contributed by atoms with van der Waals surface area (Å²) in [6.45, 7) is 9.36. The molecule has 0 saturated carbocycles. The number of benzene rings is 1. The molecule has 2 fully saturated rings. The molecule has 2 heterocycles. The minimum absolute atomic E-state index is 0.0198. The SMILES string of the molecule is CCCCCCOC[C@@H](OCCCCCC)[C@H]1O[C@@H]2OC(C)(C)O[C@@H]2[C@H]1NC(=S)Nc1ccccc1C(F)(F)F. The van der Waals surface area contributed by atoms with E-state index in [2.05, 4.69) is 24.5 Å². The Hall–Kier alpha value is -1.50. The summed E-state index contributed by atoms with van der Waals surface area (Å²) >= 11 is 5.48. The Labute approximate surface area is 241 Å². The highest BCUT2D eigenvalue weighted by Crippen LogP contribution is 2.39. The highest BCUT2D eigenvalue weighted by atomic mass is 32.1. The molecule has 3 rings (SSSR count). The second-order valence-corrected chi connectivity index (χ2v) is 11.3. The Bertz CT molecular complexity index is 920. The third-order valence-corrected chi connectivity index (χ3v) is 7.21. The second-order valence-electron chi connectivity index (χ2n) is 10.8. The van der Waals surface area contributed by atoms with Gasteiger partial charge in [0.15, 0.2) is 17.2 Å². The Balaban J connectivity index is 1.73. The van der Waals surface area contributed by atoms with Crippen molar-refractivity contribution in [3.63, 3.8) is 0 Å². The van der Waals surface area contributed by atoms with Crippen molar-refractivity contribution in [1.29, 1.82) is 0 Å². The van der Waals surface area contributed by atoms with Gasteiger partial charge in [-0.15, -0.1) is 0 Å². The van der Waals surface area contributed by atoms with Crippen molar-refractivity contribution >= 4 is 23.0 Å². The topological polar surface area (TPSA) is 70.2 Å². The number of para-hydroxylation sites is 1. The summed E-state index contributed by atoms with van der Waals surface area (Å²) in [6.07, 6.45) is 1.83. The standard InChI is InChI=1S/C29H45F3N2O5S/c1-5-7-9-13-17-35-19-22(36-18-14-10-8-6-2)24-23(25-26(37-24)39-28(3,4)38-25)34-27(40)33-21-16-12-11-15-20(21)29(30,31)32/h11-12,15-16,22-26H,5-10,13-14,17-19H2,1-4H3,(H2,33,34,40)/t22-,23+,24-,25-,26-/m1/s1. The molecular formula is C29H45F3N2O5S. The Morgan fingerprint density at radius 1 is 1.00 bits per heavy atom. The van der Waals surface area contributed by atoms with Gasteiger partial charge in [0.05, 0.1) is 23.9 Å². The van der Waals surface area contributed by atoms with Crippen LogP contribution in [0, 0.1) is 0 Å². The molecule has 2 aliphatic heterocycles. The maximum Gasteiger partial charge on any atom is 0.418 e. The molecular weight excluding hydrogens is 545 g/mol. The molecule has 0 aliphatic carbocycles. The maximum atomic E-state index is 13.6. The van der Waals surface area contributed by atoms with Gasteiger partial charge in [-0.05, 0) is 51.0 Å². The normalized spacial score (nSPS) is 24.6. The number of halogens is 3. The first-order valence-corrected chi connectivity index (χ1v) is 14.9. The number of rotatable bonds is 16. The first-order valence-electron chi connectivity index (χ1n) is 14.5. The van der Waals surface area contributed by atoms with Gasteiger partial charge in [0.1, 0.15) is 18.3 Å². The predicted octanol–water partition coefficient (Wildman–Crippen LogP) is 6.80. The molecule has 11 heteroatoms. The van der Waals surface area contributed by atoms with E-state index in [1.54, 1.807) is 13.8 Å². The highest BCUT2D eigenvalue weighted by molar-refractivity contribution is 7.80. The van der Waals surface area contributed by atoms with Crippen LogP contribution in [0.5, 0.6) is 0 Å². The van der Waals surface area contributed by atoms with E-state index in [0.29, 0.717) is 19.8 Å². The molecule has 0 bridgehead atoms. The fraction of sp³-hybridized carbons (Fsp3) is 0.759. The van der Waals surface area contributed by atoms with Gasteiger partial charge in [-0.2, -0.15) is 13.2 Å². The Morgan fingerprint density at radius 2 is 1.68 bits per heavy atom. The molecule has 228 valence electrons. The molecule has 0 aromatic heterocycles. The van der Waals surface area contributed by atoms with Gasteiger partial charge in [0.25, 0.3) is 0 Å². The fourth-order valence-corrected chi connectivity index (χ4v) is 5.24. The zero-order chi connectivity index (χ0) is 29.2. The molecule has 0 unspecified atom stereocenters. The fourth-order valence-electron chi connectivity index (χ4n) is 5.00. The molecule has 0 radical (unpaired) electrons. The van der Waals surface area contributed by atoms with E-state index in [0.717, 1.165) is 57.4 Å². The zero-order valence-corrected chi connectivity index (χ0v) is 24.9. The molecule has 1 aromatic carbocycles. The summed E-state index contributed by atoms with van der Waals surface area (Å²) < 4.78 is 71.4. The monoisotopic (exact) mass is 590 g/mol. The van der Waals surface area contributed by atoms with Crippen molar-refractivity contribution < 1.29 is 36.9 Å². The molecule has 2 saturated heterocycles. The summed E-state index contributed by atoms with van der Waals surface area (Å²) in [6, 6.07) is 4.67. The Kier molecular flexibility index (Phi) is 12.9. The number of fused-ring (bicyclic) bond motifs is 1. The molecule has 2 aliphatic rings. The van der Waals surface area contributed by atoms with Gasteiger partial charge in [0.2, 0.25) is 0 Å². The molecule has 2 N–H and O–H groups in total. The number of thiocarbonyl (C=S) groups is 1. The van der Waals surface area contributed by atoms with Crippen LogP contribution in [0.1, 0.15) is 84.6 Å². The van der Waals surface area contributed by atoms with Crippen LogP contribution in [0.3, 0.4) is 0 Å². The van der Waals surface area contributed by atoms with E-state index < -0.39 is 48.2 Å². The quantitative estimate of drug-likeness (QED) is 0.161. The van der Waals surface area contributed by atoms with Crippen LogP contribution in [0.15, 0.2) is 24.3 Å². The first kappa shape index (κ1) is 33.0. The number of hydrogen-bond acceptors (Lipinski definition) is 6. The van der Waals surface area contributed by atoms with E-state index in [1.807, 2.05) is 0 Å². The van der Waals surface area contributed by atoms with Gasteiger partial charge in [-0.3, -0.25) is 0 Å². The number of hydrogen-bond donors (Lipinski definition) is 2. The second kappa shape index (κ2) is 15.7. The van der Waals surface area contributed by atoms with E-state index in [1.165, 1.54) is 18.2 Å². The average molecular weight is 591 g/mol. The van der Waals surface area contributed by atoms with Crippen LogP contribution < -0.4 is 10.6 Å². The summed E-state index contributed by atoms with van der Waals surface area (Å²) in [5.41, 5.74) is -0.940. The lowest BCUT2D eigenvalue weighted by Crippen LogP contribution is -2.54. The van der Waals surface area contributed by atoms with E-state index in [-0.39, 0.29) is 10.8 Å². The lowest BCUT2D eigenvalue weighted by atomic mass is 10.0. The molecule has 5 atom stereocenters. The minimum atomic E-state index is -4.53. The van der Waals surface area contributed by atoms with E-state index in [4.69, 9.17) is 35.9 Å². The smallest absolute Gasteiger partial charge is 0.379 e. The van der Waals surface area contributed by atoms with Crippen LogP contribution in [0.4, 0.5) is 18.9 Å². The summed E-state index contributed by atoms with van der Waals surface area (Å²) in [7, 11) is 0. The lowest BCUT2D eigenvalue weighted by Gasteiger charge is -2.32. The van der Waals surface area contributed by atoms with Gasteiger partial charge in [-0.1, -0.05) is 64.5 Å². The number of alkyl halides is 3. The van der Waals surface area contributed by atoms with Crippen LogP contribution >= 0.6 is 12.2 Å². The largest absolute Gasteiger partial charge is 0.418 e. The van der Waals surface area contributed by atoms with Gasteiger partial charge >= 0.3 is 6.18 Å². The van der Waals surface area contributed by atoms with Crippen molar-refractivity contribution in [2.45, 2.75) is 122 Å². The van der Waals surface area contributed by atoms with Gasteiger partial charge < -0.3 is 34.3 Å². The number of anilines is 1. The zero-order valence-electron chi connectivity index (χ0n) is 24.1. The van der Waals surface area contributed by atoms with Crippen LogP contribution in [0.2, 0.25) is 0 Å². The third-order valence-electron chi connectivity index (χ3n) is 6.99. The number of unbranched alkanes of at least 4 members (excludes halogenated alkanes) is 6. The Morgan fingerprint density at radius 3 is 2.35 bits per heavy atom. The van der Waals surface area contributed by atoms with Crippen molar-refractivity contribution in [1.82, 2.24) is 5.32 Å². The number of ether oxygens (including phenoxy) is 5. The summed E-state index contributed by atoms with van der Waals surface area (Å²) in [5, 5.41) is 5.90. The lowest BCUT2D eigenvalue weighted by molar-refractivity contribution is -0.222. The molecule has 40 heavy (non-hydrogen) atoms.